The normalized spacial score (nSPS) is 12.6. The Balaban J connectivity index is 2.71. The number of nitrogens with one attached hydrogen (secondary N) is 1. The molecular weight excluding hydrogens is 270 g/mol. The van der Waals surface area contributed by atoms with Crippen LogP contribution in [0, 0.1) is 13.8 Å². The van der Waals surface area contributed by atoms with E-state index in [1.54, 1.807) is 10.8 Å². The summed E-state index contributed by atoms with van der Waals surface area (Å²) < 4.78 is 1.74. The van der Waals surface area contributed by atoms with Crippen LogP contribution in [0.2, 0.25) is 0 Å². The standard InChI is InChI=1S/C15H23N3O3/c1-5-6-7-13(15(20)21)16-14(19)9-8-12-10(2)17-18(4)11(12)3/h8-9,13H,5-7H2,1-4H3,(H,16,19)(H,20,21)/b9-8+/t13-/m0/s1. The summed E-state index contributed by atoms with van der Waals surface area (Å²) in [5.41, 5.74) is 2.67. The molecule has 0 bridgehead atoms. The fourth-order valence-electron chi connectivity index (χ4n) is 2.08. The lowest BCUT2D eigenvalue weighted by molar-refractivity contribution is -0.141. The summed E-state index contributed by atoms with van der Waals surface area (Å²) in [7, 11) is 1.84. The molecule has 0 aromatic carbocycles. The van der Waals surface area contributed by atoms with E-state index in [0.29, 0.717) is 6.42 Å². The third-order valence-corrected chi connectivity index (χ3v) is 3.43. The second-order valence-electron chi connectivity index (χ2n) is 5.08. The summed E-state index contributed by atoms with van der Waals surface area (Å²) in [6.45, 7) is 5.76. The van der Waals surface area contributed by atoms with Crippen molar-refractivity contribution in [1.29, 1.82) is 0 Å². The number of carboxylic acid groups (broad SMARTS) is 1. The number of carboxylic acids is 1. The Kier molecular flexibility index (Phi) is 6.14. The van der Waals surface area contributed by atoms with Gasteiger partial charge in [-0.3, -0.25) is 9.48 Å². The Morgan fingerprint density at radius 1 is 1.43 bits per heavy atom. The largest absolute Gasteiger partial charge is 0.480 e. The number of hydrogen-bond donors (Lipinski definition) is 2. The van der Waals surface area contributed by atoms with Gasteiger partial charge in [-0.1, -0.05) is 19.8 Å². The van der Waals surface area contributed by atoms with Gasteiger partial charge in [0.05, 0.1) is 5.69 Å². The Morgan fingerprint density at radius 2 is 2.10 bits per heavy atom. The highest BCUT2D eigenvalue weighted by Crippen LogP contribution is 2.13. The van der Waals surface area contributed by atoms with Crippen molar-refractivity contribution >= 4 is 18.0 Å². The summed E-state index contributed by atoms with van der Waals surface area (Å²) in [5.74, 6) is -1.40. The summed E-state index contributed by atoms with van der Waals surface area (Å²) in [6.07, 6.45) is 5.13. The number of hydrogen-bond acceptors (Lipinski definition) is 3. The number of carbonyl (C=O) groups excluding carboxylic acids is 1. The minimum atomic E-state index is -1.00. The molecule has 0 aliphatic rings. The van der Waals surface area contributed by atoms with Gasteiger partial charge < -0.3 is 10.4 Å². The van der Waals surface area contributed by atoms with E-state index in [-0.39, 0.29) is 0 Å². The Hall–Kier alpha value is -2.11. The predicted molar refractivity (Wildman–Crippen MR) is 80.8 cm³/mol. The first-order valence-electron chi connectivity index (χ1n) is 7.08. The van der Waals surface area contributed by atoms with Crippen molar-refractivity contribution in [2.75, 3.05) is 0 Å². The van der Waals surface area contributed by atoms with E-state index in [9.17, 15) is 9.59 Å². The quantitative estimate of drug-likeness (QED) is 0.751. The fourth-order valence-corrected chi connectivity index (χ4v) is 2.08. The maximum absolute atomic E-state index is 11.8. The highest BCUT2D eigenvalue weighted by Gasteiger charge is 2.18. The lowest BCUT2D eigenvalue weighted by atomic mass is 10.1. The molecule has 0 saturated heterocycles. The first-order valence-corrected chi connectivity index (χ1v) is 7.08. The van der Waals surface area contributed by atoms with Crippen LogP contribution in [-0.2, 0) is 16.6 Å². The van der Waals surface area contributed by atoms with E-state index in [1.807, 2.05) is 27.8 Å². The van der Waals surface area contributed by atoms with Gasteiger partial charge in [0.2, 0.25) is 5.91 Å². The van der Waals surface area contributed by atoms with Gasteiger partial charge in [0, 0.05) is 24.4 Å². The summed E-state index contributed by atoms with van der Waals surface area (Å²) in [5, 5.41) is 15.8. The number of amides is 1. The zero-order chi connectivity index (χ0) is 16.0. The molecular formula is C15H23N3O3. The Morgan fingerprint density at radius 3 is 2.57 bits per heavy atom. The molecule has 116 valence electrons. The van der Waals surface area contributed by atoms with Crippen molar-refractivity contribution < 1.29 is 14.7 Å². The smallest absolute Gasteiger partial charge is 0.326 e. The Labute approximate surface area is 124 Å². The Bertz CT molecular complexity index is 547. The molecule has 0 aliphatic heterocycles. The molecule has 6 heteroatoms. The molecule has 0 aliphatic carbocycles. The second kappa shape index (κ2) is 7.61. The molecule has 1 aromatic heterocycles. The van der Waals surface area contributed by atoms with E-state index in [0.717, 1.165) is 29.8 Å². The van der Waals surface area contributed by atoms with Gasteiger partial charge >= 0.3 is 5.97 Å². The van der Waals surface area contributed by atoms with Crippen LogP contribution in [0.4, 0.5) is 0 Å². The lowest BCUT2D eigenvalue weighted by Crippen LogP contribution is -2.39. The van der Waals surface area contributed by atoms with Crippen molar-refractivity contribution in [3.63, 3.8) is 0 Å². The lowest BCUT2D eigenvalue weighted by Gasteiger charge is -2.12. The predicted octanol–water partition coefficient (Wildman–Crippen LogP) is 1.81. The number of aryl methyl sites for hydroxylation is 2. The van der Waals surface area contributed by atoms with E-state index in [4.69, 9.17) is 5.11 Å². The van der Waals surface area contributed by atoms with Gasteiger partial charge in [-0.05, 0) is 26.3 Å². The van der Waals surface area contributed by atoms with Crippen molar-refractivity contribution in [2.24, 2.45) is 7.05 Å². The van der Waals surface area contributed by atoms with Gasteiger partial charge in [-0.25, -0.2) is 4.79 Å². The summed E-state index contributed by atoms with van der Waals surface area (Å²) >= 11 is 0. The topological polar surface area (TPSA) is 84.2 Å². The van der Waals surface area contributed by atoms with Crippen molar-refractivity contribution in [2.45, 2.75) is 46.1 Å². The van der Waals surface area contributed by atoms with Gasteiger partial charge in [0.1, 0.15) is 6.04 Å². The molecule has 21 heavy (non-hydrogen) atoms. The minimum Gasteiger partial charge on any atom is -0.480 e. The third kappa shape index (κ3) is 4.73. The molecule has 0 spiro atoms. The summed E-state index contributed by atoms with van der Waals surface area (Å²) in [4.78, 5) is 22.9. The van der Waals surface area contributed by atoms with Crippen LogP contribution in [0.3, 0.4) is 0 Å². The number of aliphatic carboxylic acids is 1. The maximum Gasteiger partial charge on any atom is 0.326 e. The van der Waals surface area contributed by atoms with E-state index >= 15 is 0 Å². The second-order valence-corrected chi connectivity index (χ2v) is 5.08. The highest BCUT2D eigenvalue weighted by atomic mass is 16.4. The van der Waals surface area contributed by atoms with Crippen LogP contribution in [-0.4, -0.2) is 32.8 Å². The number of rotatable bonds is 7. The molecule has 0 radical (unpaired) electrons. The molecule has 0 fully saturated rings. The average Bonchev–Trinajstić information content (AvgIpc) is 2.66. The average molecular weight is 293 g/mol. The van der Waals surface area contributed by atoms with Gasteiger partial charge in [0.25, 0.3) is 0 Å². The zero-order valence-corrected chi connectivity index (χ0v) is 13.0. The van der Waals surface area contributed by atoms with E-state index in [2.05, 4.69) is 10.4 Å². The van der Waals surface area contributed by atoms with Gasteiger partial charge in [-0.2, -0.15) is 5.10 Å². The molecule has 1 aromatic rings. The minimum absolute atomic E-state index is 0.402. The monoisotopic (exact) mass is 293 g/mol. The molecule has 2 N–H and O–H groups in total. The number of nitrogens with zero attached hydrogens (tertiary/aromatic N) is 2. The van der Waals surface area contributed by atoms with Crippen LogP contribution < -0.4 is 5.32 Å². The number of carbonyl (C=O) groups is 2. The highest BCUT2D eigenvalue weighted by molar-refractivity contribution is 5.94. The van der Waals surface area contributed by atoms with Crippen LogP contribution in [0.1, 0.15) is 43.1 Å². The molecule has 6 nitrogen and oxygen atoms in total. The molecule has 0 saturated carbocycles. The molecule has 1 amide bonds. The summed E-state index contributed by atoms with van der Waals surface area (Å²) in [6, 6.07) is -0.835. The molecule has 0 unspecified atom stereocenters. The molecule has 1 heterocycles. The van der Waals surface area contributed by atoms with Gasteiger partial charge in [0.15, 0.2) is 0 Å². The number of aromatic nitrogens is 2. The van der Waals surface area contributed by atoms with Gasteiger partial charge in [-0.15, -0.1) is 0 Å². The van der Waals surface area contributed by atoms with Crippen LogP contribution >= 0.6 is 0 Å². The van der Waals surface area contributed by atoms with Crippen molar-refractivity contribution in [3.05, 3.63) is 23.0 Å². The van der Waals surface area contributed by atoms with Crippen LogP contribution in [0.25, 0.3) is 6.08 Å². The first-order chi connectivity index (χ1) is 9.86. The number of unbranched alkanes of at least 4 members (excludes halogenated alkanes) is 1. The maximum atomic E-state index is 11.8. The van der Waals surface area contributed by atoms with Crippen molar-refractivity contribution in [1.82, 2.24) is 15.1 Å². The molecule has 1 atom stereocenters. The molecule has 1 rings (SSSR count). The fraction of sp³-hybridized carbons (Fsp3) is 0.533. The first kappa shape index (κ1) is 16.9. The van der Waals surface area contributed by atoms with Crippen molar-refractivity contribution in [3.8, 4) is 0 Å². The SMILES string of the molecule is CCCC[C@H](NC(=O)/C=C/c1c(C)nn(C)c1C)C(=O)O. The van der Waals surface area contributed by atoms with Crippen LogP contribution in [0.15, 0.2) is 6.08 Å². The van der Waals surface area contributed by atoms with Crippen LogP contribution in [0.5, 0.6) is 0 Å². The zero-order valence-electron chi connectivity index (χ0n) is 13.0. The van der Waals surface area contributed by atoms with E-state index in [1.165, 1.54) is 6.08 Å². The third-order valence-electron chi connectivity index (χ3n) is 3.43. The van der Waals surface area contributed by atoms with E-state index < -0.39 is 17.9 Å².